The van der Waals surface area contributed by atoms with Gasteiger partial charge in [0.1, 0.15) is 0 Å². The van der Waals surface area contributed by atoms with Gasteiger partial charge in [-0.15, -0.1) is 0 Å². The molecule has 0 aromatic carbocycles. The van der Waals surface area contributed by atoms with Crippen molar-refractivity contribution in [2.24, 2.45) is 0 Å². The van der Waals surface area contributed by atoms with Crippen LogP contribution in [0.15, 0.2) is 0 Å². The van der Waals surface area contributed by atoms with Crippen molar-refractivity contribution in [3.63, 3.8) is 0 Å². The second-order valence-electron chi connectivity index (χ2n) is 0. The van der Waals surface area contributed by atoms with Crippen LogP contribution in [0.1, 0.15) is 0 Å². The summed E-state index contributed by atoms with van der Waals surface area (Å²) in [4.78, 5) is 0. The molecule has 7 heteroatoms. The molecule has 0 amide bonds. The molecule has 0 aliphatic carbocycles. The molecule has 0 aliphatic heterocycles. The fraction of sp³-hybridized carbons (Fsp3) is 0. The summed E-state index contributed by atoms with van der Waals surface area (Å²) in [7, 11) is 0. The van der Waals surface area contributed by atoms with Gasteiger partial charge in [0, 0.05) is 0 Å². The summed E-state index contributed by atoms with van der Waals surface area (Å²) in [5.74, 6) is 0. The van der Waals surface area contributed by atoms with Crippen LogP contribution in [0.5, 0.6) is 0 Å². The first-order valence-electron chi connectivity index (χ1n) is 1.34. The topological polar surface area (TPSA) is 143 Å². The van der Waals surface area contributed by atoms with Gasteiger partial charge in [-0.1, -0.05) is 0 Å². The molecule has 6 nitrogen and oxygen atoms in total. The van der Waals surface area contributed by atoms with Gasteiger partial charge < -0.3 is 71.0 Å². The maximum atomic E-state index is 6.25. The first kappa shape index (κ1) is 78.2. The van der Waals surface area contributed by atoms with Crippen molar-refractivity contribution in [1.29, 1.82) is 31.6 Å². The molecule has 0 N–H and O–H groups in total. The fourth-order valence-electron chi connectivity index (χ4n) is 0. The molecule has 0 rings (SSSR count). The minimum atomic E-state index is 0. The molecule has 13 heavy (non-hydrogen) atoms. The third-order valence-electron chi connectivity index (χ3n) is 0. The minimum Gasteiger partial charge on any atom is -0.512 e. The van der Waals surface area contributed by atoms with Crippen molar-refractivity contribution >= 4 is 0 Å². The molecule has 0 aromatic heterocycles. The maximum absolute atomic E-state index is 6.25. The SMILES string of the molecule is [C-]#N.[C-]#N.[C-]#N.[C-]#N.[C-]#N.[C-]#N.[Fe+4]. The quantitative estimate of drug-likeness (QED) is 0.424. The molecule has 0 spiro atoms. The summed E-state index contributed by atoms with van der Waals surface area (Å²) in [5, 5.41) is 37.5. The van der Waals surface area contributed by atoms with Crippen molar-refractivity contribution in [3.8, 4) is 0 Å². The summed E-state index contributed by atoms with van der Waals surface area (Å²) < 4.78 is 0. The minimum absolute atomic E-state index is 0. The van der Waals surface area contributed by atoms with Crippen LogP contribution in [0, 0.1) is 71.0 Å². The van der Waals surface area contributed by atoms with Crippen molar-refractivity contribution < 1.29 is 17.1 Å². The molecule has 0 fully saturated rings. The average molecular weight is 212 g/mol. The molecule has 0 heterocycles. The van der Waals surface area contributed by atoms with E-state index in [1.807, 2.05) is 0 Å². The summed E-state index contributed by atoms with van der Waals surface area (Å²) in [6, 6.07) is 0. The van der Waals surface area contributed by atoms with Crippen molar-refractivity contribution in [2.75, 3.05) is 0 Å². The van der Waals surface area contributed by atoms with Gasteiger partial charge in [0.25, 0.3) is 0 Å². The molecule has 0 saturated carbocycles. The molecule has 0 saturated heterocycles. The number of hydrogen-bond acceptors (Lipinski definition) is 6. The van der Waals surface area contributed by atoms with E-state index in [-0.39, 0.29) is 17.1 Å². The van der Waals surface area contributed by atoms with Crippen molar-refractivity contribution in [1.82, 2.24) is 0 Å². The van der Waals surface area contributed by atoms with E-state index in [9.17, 15) is 0 Å². The number of nitrogens with zero attached hydrogens (tertiary/aromatic N) is 6. The second kappa shape index (κ2) is 105. The van der Waals surface area contributed by atoms with E-state index >= 15 is 0 Å². The van der Waals surface area contributed by atoms with Crippen LogP contribution >= 0.6 is 0 Å². The third-order valence-corrected chi connectivity index (χ3v) is 0. The Kier molecular flexibility index (Phi) is 631. The molecular formula is C6FeN6-2. The summed E-state index contributed by atoms with van der Waals surface area (Å²) in [6.07, 6.45) is 0. The van der Waals surface area contributed by atoms with Gasteiger partial charge in [0.05, 0.1) is 0 Å². The summed E-state index contributed by atoms with van der Waals surface area (Å²) in [6.45, 7) is 28.5. The normalized spacial score (nSPS) is 0.923. The predicted molar refractivity (Wildman–Crippen MR) is 29.8 cm³/mol. The van der Waals surface area contributed by atoms with Crippen LogP contribution in [-0.4, -0.2) is 0 Å². The van der Waals surface area contributed by atoms with Gasteiger partial charge in [0.2, 0.25) is 0 Å². The van der Waals surface area contributed by atoms with Crippen LogP contribution in [0.25, 0.3) is 0 Å². The van der Waals surface area contributed by atoms with E-state index < -0.39 is 0 Å². The van der Waals surface area contributed by atoms with E-state index in [0.717, 1.165) is 0 Å². The molecule has 0 aromatic rings. The van der Waals surface area contributed by atoms with Crippen molar-refractivity contribution in [2.45, 2.75) is 0 Å². The van der Waals surface area contributed by atoms with E-state index in [0.29, 0.717) is 0 Å². The molecule has 0 unspecified atom stereocenters. The van der Waals surface area contributed by atoms with E-state index in [2.05, 4.69) is 0 Å². The van der Waals surface area contributed by atoms with E-state index in [1.165, 1.54) is 0 Å². The first-order valence-corrected chi connectivity index (χ1v) is 1.34. The molecule has 0 atom stereocenters. The van der Waals surface area contributed by atoms with Gasteiger partial charge in [-0.2, -0.15) is 0 Å². The van der Waals surface area contributed by atoms with E-state index in [1.54, 1.807) is 0 Å². The van der Waals surface area contributed by atoms with Gasteiger partial charge >= 0.3 is 17.1 Å². The van der Waals surface area contributed by atoms with Crippen LogP contribution in [0.3, 0.4) is 0 Å². The molecule has 0 aliphatic rings. The summed E-state index contributed by atoms with van der Waals surface area (Å²) >= 11 is 0. The van der Waals surface area contributed by atoms with Crippen LogP contribution in [0.4, 0.5) is 0 Å². The summed E-state index contributed by atoms with van der Waals surface area (Å²) in [5.41, 5.74) is 0. The molecule has 0 radical (unpaired) electrons. The Balaban J connectivity index is -0.00000000655. The second-order valence-corrected chi connectivity index (χ2v) is 0. The van der Waals surface area contributed by atoms with Gasteiger partial charge in [-0.25, -0.2) is 0 Å². The number of rotatable bonds is 0. The standard InChI is InChI=1S/6CN.Fe/c6*1-2;/q6*-1;+4. The zero-order chi connectivity index (χ0) is 12.0. The maximum Gasteiger partial charge on any atom is 4.00 e. The first-order chi connectivity index (χ1) is 6.00. The smallest absolute Gasteiger partial charge is 0.512 e. The Morgan fingerprint density at radius 2 is 0.308 bits per heavy atom. The van der Waals surface area contributed by atoms with E-state index in [4.69, 9.17) is 71.0 Å². The number of hydrogen-bond donors (Lipinski definition) is 0. The van der Waals surface area contributed by atoms with Crippen LogP contribution in [-0.2, 0) is 17.1 Å². The van der Waals surface area contributed by atoms with Gasteiger partial charge in [-0.05, 0) is 0 Å². The van der Waals surface area contributed by atoms with Crippen LogP contribution in [0.2, 0.25) is 0 Å². The van der Waals surface area contributed by atoms with Gasteiger partial charge in [-0.3, -0.25) is 0 Å². The average Bonchev–Trinajstić information content (AvgIpc) is 2.33. The fourth-order valence-corrected chi connectivity index (χ4v) is 0. The Bertz CT molecular complexity index is 92.1. The zero-order valence-electron chi connectivity index (χ0n) is 6.04. The van der Waals surface area contributed by atoms with Gasteiger partial charge in [0.15, 0.2) is 0 Å². The monoisotopic (exact) mass is 212 g/mol. The zero-order valence-corrected chi connectivity index (χ0v) is 7.14. The Labute approximate surface area is 88.5 Å². The predicted octanol–water partition coefficient (Wildman–Crippen LogP) is 0.576. The molecular weight excluding hydrogens is 212 g/mol. The molecule has 0 bridgehead atoms. The Morgan fingerprint density at radius 3 is 0.308 bits per heavy atom. The van der Waals surface area contributed by atoms with Crippen LogP contribution < -0.4 is 0 Å². The Hall–Kier alpha value is -2.54. The molecule has 64 valence electrons. The van der Waals surface area contributed by atoms with Crippen molar-refractivity contribution in [3.05, 3.63) is 39.4 Å². The third kappa shape index (κ3) is 81.6. The largest absolute Gasteiger partial charge is 4.00 e. The Morgan fingerprint density at radius 1 is 0.308 bits per heavy atom.